The number of hydrogen-bond donors (Lipinski definition) is 1. The number of esters is 1. The van der Waals surface area contributed by atoms with Gasteiger partial charge in [0.05, 0.1) is 0 Å². The zero-order valence-corrected chi connectivity index (χ0v) is 8.26. The Balaban J connectivity index is 2.50. The summed E-state index contributed by atoms with van der Waals surface area (Å²) in [5.74, 6) is -0.492. The van der Waals surface area contributed by atoms with Crippen molar-refractivity contribution in [1.29, 1.82) is 0 Å². The zero-order chi connectivity index (χ0) is 10.3. The van der Waals surface area contributed by atoms with Crippen LogP contribution in [0.2, 0.25) is 0 Å². The Hall–Kier alpha value is -0.640. The first-order valence-electron chi connectivity index (χ1n) is 4.39. The number of ether oxygens (including phenoxy) is 1. The Labute approximate surface area is 77.4 Å². The summed E-state index contributed by atoms with van der Waals surface area (Å²) in [6, 6.07) is 0. The van der Waals surface area contributed by atoms with Crippen molar-refractivity contribution < 1.29 is 13.9 Å². The maximum Gasteiger partial charge on any atom is 0.326 e. The van der Waals surface area contributed by atoms with Gasteiger partial charge in [-0.1, -0.05) is 0 Å². The summed E-state index contributed by atoms with van der Waals surface area (Å²) in [5, 5.41) is 0. The molecule has 0 bridgehead atoms. The SMILES string of the molecule is CC(C)(C)OC(=O)C1(N)CC(F)C1. The number of nitrogens with two attached hydrogens (primary N) is 1. The highest BCUT2D eigenvalue weighted by Gasteiger charge is 2.49. The second kappa shape index (κ2) is 2.94. The molecule has 3 nitrogen and oxygen atoms in total. The van der Waals surface area contributed by atoms with E-state index in [4.69, 9.17) is 10.5 Å². The number of rotatable bonds is 1. The third-order valence-corrected chi connectivity index (χ3v) is 1.98. The van der Waals surface area contributed by atoms with Gasteiger partial charge in [0.1, 0.15) is 17.3 Å². The molecule has 0 atom stereocenters. The van der Waals surface area contributed by atoms with Gasteiger partial charge in [-0.25, -0.2) is 4.39 Å². The Morgan fingerprint density at radius 2 is 2.00 bits per heavy atom. The number of carbonyl (C=O) groups is 1. The molecule has 0 radical (unpaired) electrons. The number of carbonyl (C=O) groups excluding carboxylic acids is 1. The quantitative estimate of drug-likeness (QED) is 0.630. The number of hydrogen-bond acceptors (Lipinski definition) is 3. The number of alkyl halides is 1. The minimum Gasteiger partial charge on any atom is -0.459 e. The molecule has 0 saturated heterocycles. The van der Waals surface area contributed by atoms with Gasteiger partial charge < -0.3 is 10.5 Å². The van der Waals surface area contributed by atoms with E-state index < -0.39 is 23.3 Å². The summed E-state index contributed by atoms with van der Waals surface area (Å²) in [5.41, 5.74) is 4.00. The Bertz CT molecular complexity index is 216. The highest BCUT2D eigenvalue weighted by atomic mass is 19.1. The Morgan fingerprint density at radius 1 is 1.54 bits per heavy atom. The van der Waals surface area contributed by atoms with Crippen molar-refractivity contribution in [2.75, 3.05) is 0 Å². The molecule has 0 spiro atoms. The van der Waals surface area contributed by atoms with Gasteiger partial charge in [-0.15, -0.1) is 0 Å². The number of halogens is 1. The highest BCUT2D eigenvalue weighted by molar-refractivity contribution is 5.82. The summed E-state index contributed by atoms with van der Waals surface area (Å²) >= 11 is 0. The van der Waals surface area contributed by atoms with Crippen LogP contribution < -0.4 is 5.73 Å². The van der Waals surface area contributed by atoms with Crippen LogP contribution in [-0.4, -0.2) is 23.3 Å². The molecule has 0 aromatic heterocycles. The van der Waals surface area contributed by atoms with E-state index >= 15 is 0 Å². The summed E-state index contributed by atoms with van der Waals surface area (Å²) in [6.45, 7) is 5.29. The molecule has 0 aromatic carbocycles. The molecule has 76 valence electrons. The molecule has 1 rings (SSSR count). The van der Waals surface area contributed by atoms with Crippen LogP contribution in [0, 0.1) is 0 Å². The van der Waals surface area contributed by atoms with E-state index in [0.29, 0.717) is 0 Å². The molecule has 1 aliphatic carbocycles. The molecular formula is C9H16FNO2. The fraction of sp³-hybridized carbons (Fsp3) is 0.889. The smallest absolute Gasteiger partial charge is 0.326 e. The maximum absolute atomic E-state index is 12.5. The van der Waals surface area contributed by atoms with Crippen LogP contribution in [0.25, 0.3) is 0 Å². The van der Waals surface area contributed by atoms with E-state index in [1.165, 1.54) is 0 Å². The second-order valence-corrected chi connectivity index (χ2v) is 4.66. The van der Waals surface area contributed by atoms with Crippen molar-refractivity contribution in [1.82, 2.24) is 0 Å². The summed E-state index contributed by atoms with van der Waals surface area (Å²) in [6.07, 6.45) is -0.776. The van der Waals surface area contributed by atoms with Crippen LogP contribution in [0.3, 0.4) is 0 Å². The lowest BCUT2D eigenvalue weighted by Crippen LogP contribution is -2.60. The molecule has 0 amide bonds. The molecule has 0 aromatic rings. The van der Waals surface area contributed by atoms with E-state index in [2.05, 4.69) is 0 Å². The van der Waals surface area contributed by atoms with Crippen molar-refractivity contribution in [2.45, 2.75) is 50.9 Å². The fourth-order valence-corrected chi connectivity index (χ4v) is 1.28. The first-order valence-corrected chi connectivity index (χ1v) is 4.39. The van der Waals surface area contributed by atoms with Gasteiger partial charge in [0.15, 0.2) is 0 Å². The standard InChI is InChI=1S/C9H16FNO2/c1-8(2,3)13-7(12)9(11)4-6(10)5-9/h6H,4-5,11H2,1-3H3. The molecule has 1 saturated carbocycles. The molecule has 0 aliphatic heterocycles. The van der Waals surface area contributed by atoms with Gasteiger partial charge in [0, 0.05) is 12.8 Å². The van der Waals surface area contributed by atoms with Crippen LogP contribution in [0.15, 0.2) is 0 Å². The molecule has 2 N–H and O–H groups in total. The van der Waals surface area contributed by atoms with Crippen LogP contribution >= 0.6 is 0 Å². The van der Waals surface area contributed by atoms with E-state index in [9.17, 15) is 9.18 Å². The third-order valence-electron chi connectivity index (χ3n) is 1.98. The lowest BCUT2D eigenvalue weighted by atomic mass is 9.76. The predicted molar refractivity (Wildman–Crippen MR) is 46.9 cm³/mol. The molecule has 0 heterocycles. The first kappa shape index (κ1) is 10.4. The van der Waals surface area contributed by atoms with Crippen LogP contribution in [0.5, 0.6) is 0 Å². The van der Waals surface area contributed by atoms with Gasteiger partial charge in [-0.05, 0) is 20.8 Å². The minimum absolute atomic E-state index is 0.0852. The lowest BCUT2D eigenvalue weighted by Gasteiger charge is -2.39. The van der Waals surface area contributed by atoms with Crippen molar-refractivity contribution in [3.63, 3.8) is 0 Å². The summed E-state index contributed by atoms with van der Waals surface area (Å²) < 4.78 is 17.6. The van der Waals surface area contributed by atoms with E-state index in [0.717, 1.165) is 0 Å². The van der Waals surface area contributed by atoms with Gasteiger partial charge in [-0.2, -0.15) is 0 Å². The second-order valence-electron chi connectivity index (χ2n) is 4.66. The summed E-state index contributed by atoms with van der Waals surface area (Å²) in [4.78, 5) is 11.4. The average Bonchev–Trinajstić information content (AvgIpc) is 1.80. The first-order chi connectivity index (χ1) is 5.73. The molecule has 1 fully saturated rings. The highest BCUT2D eigenvalue weighted by Crippen LogP contribution is 2.34. The van der Waals surface area contributed by atoms with Crippen LogP contribution in [0.4, 0.5) is 4.39 Å². The van der Waals surface area contributed by atoms with E-state index in [1.807, 2.05) is 0 Å². The topological polar surface area (TPSA) is 52.3 Å². The zero-order valence-electron chi connectivity index (χ0n) is 8.26. The monoisotopic (exact) mass is 189 g/mol. The summed E-state index contributed by atoms with van der Waals surface area (Å²) in [7, 11) is 0. The van der Waals surface area contributed by atoms with Gasteiger partial charge >= 0.3 is 5.97 Å². The largest absolute Gasteiger partial charge is 0.459 e. The van der Waals surface area contributed by atoms with Gasteiger partial charge in [-0.3, -0.25) is 4.79 Å². The maximum atomic E-state index is 12.5. The predicted octanol–water partition coefficient (Wildman–Crippen LogP) is 1.16. The average molecular weight is 189 g/mol. The molecule has 1 aliphatic rings. The molecule has 0 unspecified atom stereocenters. The Kier molecular flexibility index (Phi) is 2.36. The van der Waals surface area contributed by atoms with Gasteiger partial charge in [0.25, 0.3) is 0 Å². The van der Waals surface area contributed by atoms with Crippen molar-refractivity contribution in [3.8, 4) is 0 Å². The van der Waals surface area contributed by atoms with E-state index in [1.54, 1.807) is 20.8 Å². The fourth-order valence-electron chi connectivity index (χ4n) is 1.28. The van der Waals surface area contributed by atoms with Crippen molar-refractivity contribution in [2.24, 2.45) is 5.73 Å². The van der Waals surface area contributed by atoms with Crippen LogP contribution in [0.1, 0.15) is 33.6 Å². The normalized spacial score (nSPS) is 33.8. The third kappa shape index (κ3) is 2.40. The Morgan fingerprint density at radius 3 is 2.31 bits per heavy atom. The molecule has 13 heavy (non-hydrogen) atoms. The van der Waals surface area contributed by atoms with Crippen molar-refractivity contribution >= 4 is 5.97 Å². The van der Waals surface area contributed by atoms with Gasteiger partial charge in [0.2, 0.25) is 0 Å². The van der Waals surface area contributed by atoms with Crippen molar-refractivity contribution in [3.05, 3.63) is 0 Å². The van der Waals surface area contributed by atoms with Crippen LogP contribution in [-0.2, 0) is 9.53 Å². The lowest BCUT2D eigenvalue weighted by molar-refractivity contribution is -0.167. The molecule has 4 heteroatoms. The molecular weight excluding hydrogens is 173 g/mol. The minimum atomic E-state index is -1.08. The van der Waals surface area contributed by atoms with E-state index in [-0.39, 0.29) is 12.8 Å².